The minimum absolute atomic E-state index is 0.202. The summed E-state index contributed by atoms with van der Waals surface area (Å²) in [5, 5.41) is 0.350. The van der Waals surface area contributed by atoms with E-state index in [1.54, 1.807) is 32.9 Å². The lowest BCUT2D eigenvalue weighted by molar-refractivity contribution is -0.157. The molecule has 0 aliphatic rings. The minimum atomic E-state index is -0.651. The maximum atomic E-state index is 12.8. The van der Waals surface area contributed by atoms with Gasteiger partial charge in [0.15, 0.2) is 18.2 Å². The molecular formula is C22H24N2O5. The molecule has 0 atom stereocenters. The van der Waals surface area contributed by atoms with E-state index in [-0.39, 0.29) is 12.3 Å². The molecule has 0 saturated heterocycles. The van der Waals surface area contributed by atoms with Crippen molar-refractivity contribution in [1.29, 1.82) is 0 Å². The lowest BCUT2D eigenvalue weighted by Crippen LogP contribution is -2.28. The van der Waals surface area contributed by atoms with Crippen molar-refractivity contribution >= 4 is 16.9 Å². The first kappa shape index (κ1) is 20.4. The Balaban J connectivity index is 1.86. The Morgan fingerprint density at radius 1 is 1.10 bits per heavy atom. The van der Waals surface area contributed by atoms with Crippen LogP contribution in [0.3, 0.4) is 0 Å². The number of aromatic nitrogens is 2. The highest BCUT2D eigenvalue weighted by molar-refractivity contribution is 5.81. The molecule has 0 radical (unpaired) electrons. The molecular weight excluding hydrogens is 372 g/mol. The van der Waals surface area contributed by atoms with Crippen molar-refractivity contribution in [2.75, 3.05) is 7.11 Å². The van der Waals surface area contributed by atoms with Crippen LogP contribution >= 0.6 is 0 Å². The number of fused-ring (bicyclic) bond motifs is 1. The Morgan fingerprint density at radius 2 is 1.83 bits per heavy atom. The molecule has 1 heterocycles. The van der Waals surface area contributed by atoms with Gasteiger partial charge in [0.1, 0.15) is 12.9 Å². The van der Waals surface area contributed by atoms with Gasteiger partial charge in [0.05, 0.1) is 23.4 Å². The second kappa shape index (κ2) is 8.34. The van der Waals surface area contributed by atoms with E-state index in [4.69, 9.17) is 14.2 Å². The fraction of sp³-hybridized carbons (Fsp3) is 0.318. The first-order chi connectivity index (χ1) is 13.8. The molecule has 0 aliphatic heterocycles. The first-order valence-electron chi connectivity index (χ1n) is 9.20. The monoisotopic (exact) mass is 396 g/mol. The third-order valence-corrected chi connectivity index (χ3v) is 4.29. The largest absolute Gasteiger partial charge is 0.493 e. The molecule has 0 aliphatic carbocycles. The summed E-state index contributed by atoms with van der Waals surface area (Å²) >= 11 is 0. The molecule has 0 fully saturated rings. The van der Waals surface area contributed by atoms with Gasteiger partial charge < -0.3 is 14.2 Å². The van der Waals surface area contributed by atoms with Gasteiger partial charge in [0.2, 0.25) is 0 Å². The van der Waals surface area contributed by atoms with Crippen LogP contribution in [0.2, 0.25) is 0 Å². The van der Waals surface area contributed by atoms with Gasteiger partial charge in [-0.3, -0.25) is 14.2 Å². The van der Waals surface area contributed by atoms with E-state index in [9.17, 15) is 9.59 Å². The van der Waals surface area contributed by atoms with Crippen molar-refractivity contribution in [2.24, 2.45) is 5.41 Å². The van der Waals surface area contributed by atoms with Crippen molar-refractivity contribution < 1.29 is 19.0 Å². The van der Waals surface area contributed by atoms with E-state index in [1.165, 1.54) is 18.0 Å². The van der Waals surface area contributed by atoms with Crippen LogP contribution < -0.4 is 15.0 Å². The minimum Gasteiger partial charge on any atom is -0.493 e. The second-order valence-electron chi connectivity index (χ2n) is 7.62. The Bertz CT molecular complexity index is 1070. The van der Waals surface area contributed by atoms with Crippen LogP contribution in [0.5, 0.6) is 11.5 Å². The van der Waals surface area contributed by atoms with Gasteiger partial charge in [-0.1, -0.05) is 30.3 Å². The zero-order valence-corrected chi connectivity index (χ0v) is 17.0. The SMILES string of the molecule is COc1cc2c(=O)n(COC(=O)C(C)(C)C)cnc2cc1OCc1ccccc1. The summed E-state index contributed by atoms with van der Waals surface area (Å²) in [6.07, 6.45) is 1.36. The molecule has 0 amide bonds. The van der Waals surface area contributed by atoms with Gasteiger partial charge in [0.25, 0.3) is 5.56 Å². The van der Waals surface area contributed by atoms with Crippen molar-refractivity contribution in [3.05, 3.63) is 64.7 Å². The zero-order chi connectivity index (χ0) is 21.0. The number of benzene rings is 2. The van der Waals surface area contributed by atoms with E-state index >= 15 is 0 Å². The van der Waals surface area contributed by atoms with Crippen molar-refractivity contribution in [2.45, 2.75) is 34.1 Å². The molecule has 7 heteroatoms. The van der Waals surface area contributed by atoms with E-state index in [1.807, 2.05) is 30.3 Å². The molecule has 2 aromatic carbocycles. The number of ether oxygens (including phenoxy) is 3. The predicted molar refractivity (Wildman–Crippen MR) is 109 cm³/mol. The standard InChI is InChI=1S/C22H24N2O5/c1-22(2,3)21(26)29-14-24-13-23-17-11-19(18(27-4)10-16(17)20(24)25)28-12-15-8-6-5-7-9-15/h5-11,13H,12,14H2,1-4H3. The topological polar surface area (TPSA) is 79.7 Å². The molecule has 29 heavy (non-hydrogen) atoms. The van der Waals surface area contributed by atoms with Gasteiger partial charge in [-0.05, 0) is 32.4 Å². The van der Waals surface area contributed by atoms with E-state index in [2.05, 4.69) is 4.98 Å². The van der Waals surface area contributed by atoms with E-state index in [0.29, 0.717) is 29.0 Å². The van der Waals surface area contributed by atoms with Gasteiger partial charge in [-0.2, -0.15) is 0 Å². The molecule has 0 unspecified atom stereocenters. The zero-order valence-electron chi connectivity index (χ0n) is 17.0. The lowest BCUT2D eigenvalue weighted by Gasteiger charge is -2.17. The highest BCUT2D eigenvalue weighted by Crippen LogP contribution is 2.31. The molecule has 0 bridgehead atoms. The van der Waals surface area contributed by atoms with Crippen LogP contribution in [-0.4, -0.2) is 22.6 Å². The third-order valence-electron chi connectivity index (χ3n) is 4.29. The highest BCUT2D eigenvalue weighted by atomic mass is 16.5. The molecule has 3 aromatic rings. The maximum absolute atomic E-state index is 12.8. The number of carbonyl (C=O) groups excluding carboxylic acids is 1. The summed E-state index contributed by atoms with van der Waals surface area (Å²) < 4.78 is 17.7. The fourth-order valence-corrected chi connectivity index (χ4v) is 2.61. The normalized spacial score (nSPS) is 11.3. The predicted octanol–water partition coefficient (Wildman–Crippen LogP) is 3.53. The second-order valence-corrected chi connectivity index (χ2v) is 7.62. The number of hydrogen-bond acceptors (Lipinski definition) is 6. The van der Waals surface area contributed by atoms with Gasteiger partial charge >= 0.3 is 5.97 Å². The molecule has 0 spiro atoms. The number of rotatable bonds is 6. The van der Waals surface area contributed by atoms with Crippen LogP contribution in [-0.2, 0) is 22.9 Å². The summed E-state index contributed by atoms with van der Waals surface area (Å²) in [6.45, 7) is 5.41. The van der Waals surface area contributed by atoms with Gasteiger partial charge in [-0.15, -0.1) is 0 Å². The van der Waals surface area contributed by atoms with E-state index < -0.39 is 11.4 Å². The molecule has 0 N–H and O–H groups in total. The van der Waals surface area contributed by atoms with Gasteiger partial charge in [0, 0.05) is 6.07 Å². The number of esters is 1. The van der Waals surface area contributed by atoms with Crippen molar-refractivity contribution in [1.82, 2.24) is 9.55 Å². The summed E-state index contributed by atoms with van der Waals surface area (Å²) in [5.41, 5.74) is 0.503. The molecule has 7 nitrogen and oxygen atoms in total. The Labute approximate surface area is 168 Å². The quantitative estimate of drug-likeness (QED) is 0.593. The molecule has 3 rings (SSSR count). The van der Waals surface area contributed by atoms with Gasteiger partial charge in [-0.25, -0.2) is 4.98 Å². The maximum Gasteiger partial charge on any atom is 0.312 e. The van der Waals surface area contributed by atoms with Crippen LogP contribution in [0, 0.1) is 5.41 Å². The van der Waals surface area contributed by atoms with Crippen LogP contribution in [0.4, 0.5) is 0 Å². The van der Waals surface area contributed by atoms with Crippen LogP contribution in [0.25, 0.3) is 10.9 Å². The highest BCUT2D eigenvalue weighted by Gasteiger charge is 2.23. The van der Waals surface area contributed by atoms with Crippen molar-refractivity contribution in [3.63, 3.8) is 0 Å². The Kier molecular flexibility index (Phi) is 5.87. The summed E-state index contributed by atoms with van der Waals surface area (Å²) in [4.78, 5) is 29.0. The average molecular weight is 396 g/mol. The van der Waals surface area contributed by atoms with E-state index in [0.717, 1.165) is 5.56 Å². The van der Waals surface area contributed by atoms with Crippen LogP contribution in [0.1, 0.15) is 26.3 Å². The average Bonchev–Trinajstić information content (AvgIpc) is 2.71. The van der Waals surface area contributed by atoms with Crippen LogP contribution in [0.15, 0.2) is 53.6 Å². The smallest absolute Gasteiger partial charge is 0.312 e. The number of hydrogen-bond donors (Lipinski definition) is 0. The third kappa shape index (κ3) is 4.74. The number of nitrogens with zero attached hydrogens (tertiary/aromatic N) is 2. The number of methoxy groups -OCH3 is 1. The Morgan fingerprint density at radius 3 is 2.48 bits per heavy atom. The fourth-order valence-electron chi connectivity index (χ4n) is 2.61. The molecule has 152 valence electrons. The first-order valence-corrected chi connectivity index (χ1v) is 9.20. The number of carbonyl (C=O) groups is 1. The van der Waals surface area contributed by atoms with Crippen molar-refractivity contribution in [3.8, 4) is 11.5 Å². The summed E-state index contributed by atoms with van der Waals surface area (Å²) in [6, 6.07) is 13.0. The Hall–Kier alpha value is -3.35. The molecule has 0 saturated carbocycles. The summed E-state index contributed by atoms with van der Waals surface area (Å²) in [7, 11) is 1.51. The molecule has 1 aromatic heterocycles. The lowest BCUT2D eigenvalue weighted by atomic mass is 9.98. The summed E-state index contributed by atoms with van der Waals surface area (Å²) in [5.74, 6) is 0.524.